The molecule has 0 radical (unpaired) electrons. The number of hydrogen-bond donors (Lipinski definition) is 3. The third-order valence-corrected chi connectivity index (χ3v) is 6.20. The largest absolute Gasteiger partial charge is 0.394 e. The molecule has 3 aromatic rings. The van der Waals surface area contributed by atoms with Crippen LogP contribution in [0.4, 0.5) is 11.6 Å². The van der Waals surface area contributed by atoms with E-state index in [1.807, 2.05) is 30.9 Å². The maximum Gasteiger partial charge on any atom is 0.264 e. The summed E-state index contributed by atoms with van der Waals surface area (Å²) in [6.07, 6.45) is 3.87. The number of fused-ring (bicyclic) bond motifs is 1. The van der Waals surface area contributed by atoms with E-state index in [0.717, 1.165) is 36.5 Å². The quantitative estimate of drug-likeness (QED) is 0.603. The molecule has 9 nitrogen and oxygen atoms in total. The van der Waals surface area contributed by atoms with E-state index in [0.29, 0.717) is 10.9 Å². The average Bonchev–Trinajstić information content (AvgIpc) is 3.40. The standard InChI is InChI=1S/C20H29N7O2/c1-11(2)12(3)27-9-14(18-17(20(27)29)19(21)23-22-18)15-8-16(25(4)24-15)26-7-5-6-13(26)10-28/h8-9,11-13,28H,5-7,10H2,1-4H3,(H3,21,22,23)/t12?,13-/m0/s1. The third kappa shape index (κ3) is 3.09. The van der Waals surface area contributed by atoms with Crippen LogP contribution < -0.4 is 16.2 Å². The molecule has 1 unspecified atom stereocenters. The summed E-state index contributed by atoms with van der Waals surface area (Å²) in [7, 11) is 1.90. The summed E-state index contributed by atoms with van der Waals surface area (Å²) in [6, 6.07) is 2.12. The number of rotatable bonds is 5. The number of H-pyrrole nitrogens is 1. The number of nitrogens with zero attached hydrogens (tertiary/aromatic N) is 5. The van der Waals surface area contributed by atoms with Gasteiger partial charge in [-0.1, -0.05) is 13.8 Å². The molecule has 4 heterocycles. The predicted molar refractivity (Wildman–Crippen MR) is 114 cm³/mol. The summed E-state index contributed by atoms with van der Waals surface area (Å²) in [5, 5.41) is 21.8. The molecule has 4 rings (SSSR count). The monoisotopic (exact) mass is 399 g/mol. The molecule has 9 heteroatoms. The van der Waals surface area contributed by atoms with Crippen molar-refractivity contribution < 1.29 is 5.11 Å². The first-order valence-electron chi connectivity index (χ1n) is 10.1. The number of nitrogen functional groups attached to an aromatic ring is 1. The van der Waals surface area contributed by atoms with Gasteiger partial charge >= 0.3 is 0 Å². The van der Waals surface area contributed by atoms with Gasteiger partial charge in [0.25, 0.3) is 5.56 Å². The van der Waals surface area contributed by atoms with Crippen LogP contribution in [0.3, 0.4) is 0 Å². The highest BCUT2D eigenvalue weighted by molar-refractivity contribution is 5.97. The molecule has 1 fully saturated rings. The summed E-state index contributed by atoms with van der Waals surface area (Å²) in [5.74, 6) is 1.43. The smallest absolute Gasteiger partial charge is 0.264 e. The van der Waals surface area contributed by atoms with Crippen LogP contribution in [0.15, 0.2) is 17.1 Å². The van der Waals surface area contributed by atoms with Crippen molar-refractivity contribution in [2.75, 3.05) is 23.8 Å². The summed E-state index contributed by atoms with van der Waals surface area (Å²) in [5.41, 5.74) is 8.01. The Morgan fingerprint density at radius 2 is 2.14 bits per heavy atom. The van der Waals surface area contributed by atoms with Crippen molar-refractivity contribution in [2.45, 2.75) is 45.7 Å². The summed E-state index contributed by atoms with van der Waals surface area (Å²) < 4.78 is 3.56. The molecule has 0 spiro atoms. The van der Waals surface area contributed by atoms with E-state index in [-0.39, 0.29) is 36.0 Å². The van der Waals surface area contributed by atoms with Gasteiger partial charge in [0.15, 0.2) is 5.82 Å². The van der Waals surface area contributed by atoms with Crippen molar-refractivity contribution in [2.24, 2.45) is 13.0 Å². The van der Waals surface area contributed by atoms with Gasteiger partial charge in [0.1, 0.15) is 11.2 Å². The Bertz CT molecular complexity index is 1090. The first kappa shape index (κ1) is 19.5. The van der Waals surface area contributed by atoms with E-state index in [1.54, 1.807) is 4.57 Å². The van der Waals surface area contributed by atoms with Gasteiger partial charge in [-0.05, 0) is 25.7 Å². The van der Waals surface area contributed by atoms with E-state index in [4.69, 9.17) is 10.8 Å². The lowest BCUT2D eigenvalue weighted by Gasteiger charge is -2.24. The molecule has 0 aromatic carbocycles. The van der Waals surface area contributed by atoms with Crippen molar-refractivity contribution in [3.05, 3.63) is 22.6 Å². The highest BCUT2D eigenvalue weighted by Crippen LogP contribution is 2.33. The second kappa shape index (κ2) is 7.22. The molecule has 1 aliphatic rings. The fraction of sp³-hybridized carbons (Fsp3) is 0.550. The van der Waals surface area contributed by atoms with Gasteiger partial charge in [-0.25, -0.2) is 0 Å². The van der Waals surface area contributed by atoms with Gasteiger partial charge in [-0.15, -0.1) is 0 Å². The highest BCUT2D eigenvalue weighted by Gasteiger charge is 2.28. The Labute approximate surface area is 169 Å². The first-order valence-corrected chi connectivity index (χ1v) is 10.1. The van der Waals surface area contributed by atoms with Gasteiger partial charge < -0.3 is 20.3 Å². The van der Waals surface area contributed by atoms with E-state index in [2.05, 4.69) is 28.9 Å². The van der Waals surface area contributed by atoms with Crippen molar-refractivity contribution in [3.8, 4) is 11.3 Å². The number of aromatic nitrogens is 5. The zero-order valence-electron chi connectivity index (χ0n) is 17.4. The SMILES string of the molecule is CC(C)C(C)n1cc(-c2cc(N3CCC[C@H]3CO)n(C)n2)c2[nH]nc(N)c2c1=O. The molecule has 29 heavy (non-hydrogen) atoms. The highest BCUT2D eigenvalue weighted by atomic mass is 16.3. The number of hydrogen-bond acceptors (Lipinski definition) is 6. The lowest BCUT2D eigenvalue weighted by molar-refractivity contribution is 0.265. The van der Waals surface area contributed by atoms with E-state index in [1.165, 1.54) is 0 Å². The minimum absolute atomic E-state index is 0.000448. The molecule has 1 aliphatic heterocycles. The number of aliphatic hydroxyl groups excluding tert-OH is 1. The van der Waals surface area contributed by atoms with Crippen molar-refractivity contribution in [1.82, 2.24) is 24.5 Å². The van der Waals surface area contributed by atoms with Crippen LogP contribution in [0.25, 0.3) is 22.2 Å². The van der Waals surface area contributed by atoms with E-state index >= 15 is 0 Å². The molecule has 4 N–H and O–H groups in total. The fourth-order valence-electron chi connectivity index (χ4n) is 4.16. The van der Waals surface area contributed by atoms with Crippen molar-refractivity contribution >= 4 is 22.5 Å². The van der Waals surface area contributed by atoms with Crippen LogP contribution in [0.2, 0.25) is 0 Å². The number of aromatic amines is 1. The number of nitrogens with two attached hydrogens (primary N) is 1. The molecular weight excluding hydrogens is 370 g/mol. The van der Waals surface area contributed by atoms with Gasteiger partial charge in [0.2, 0.25) is 0 Å². The Morgan fingerprint density at radius 1 is 1.38 bits per heavy atom. The Balaban J connectivity index is 1.90. The summed E-state index contributed by atoms with van der Waals surface area (Å²) in [6.45, 7) is 7.21. The summed E-state index contributed by atoms with van der Waals surface area (Å²) >= 11 is 0. The maximum atomic E-state index is 13.1. The minimum atomic E-state index is -0.146. The van der Waals surface area contributed by atoms with Crippen LogP contribution in [-0.2, 0) is 7.05 Å². The molecule has 156 valence electrons. The van der Waals surface area contributed by atoms with Crippen molar-refractivity contribution in [3.63, 3.8) is 0 Å². The number of aliphatic hydroxyl groups is 1. The number of aryl methyl sites for hydroxylation is 1. The van der Waals surface area contributed by atoms with Gasteiger partial charge in [0, 0.05) is 37.5 Å². The molecule has 0 bridgehead atoms. The Morgan fingerprint density at radius 3 is 2.83 bits per heavy atom. The van der Waals surface area contributed by atoms with Crippen LogP contribution in [-0.4, -0.2) is 48.8 Å². The lowest BCUT2D eigenvalue weighted by atomic mass is 10.0. The van der Waals surface area contributed by atoms with Crippen LogP contribution >= 0.6 is 0 Å². The maximum absolute atomic E-state index is 13.1. The third-order valence-electron chi connectivity index (χ3n) is 6.20. The Hall–Kier alpha value is -2.81. The average molecular weight is 399 g/mol. The molecule has 0 amide bonds. The van der Waals surface area contributed by atoms with Crippen LogP contribution in [0.5, 0.6) is 0 Å². The number of anilines is 2. The topological polar surface area (TPSA) is 118 Å². The normalized spacial score (nSPS) is 18.3. The molecule has 2 atom stereocenters. The van der Waals surface area contributed by atoms with Gasteiger partial charge in [-0.2, -0.15) is 10.2 Å². The molecule has 0 aliphatic carbocycles. The lowest BCUT2D eigenvalue weighted by Crippen LogP contribution is -2.33. The van der Waals surface area contributed by atoms with Crippen LogP contribution in [0, 0.1) is 5.92 Å². The minimum Gasteiger partial charge on any atom is -0.394 e. The van der Waals surface area contributed by atoms with Gasteiger partial charge in [0.05, 0.1) is 23.9 Å². The predicted octanol–water partition coefficient (Wildman–Crippen LogP) is 1.89. The zero-order chi connectivity index (χ0) is 20.9. The van der Waals surface area contributed by atoms with Gasteiger partial charge in [-0.3, -0.25) is 14.6 Å². The second-order valence-electron chi connectivity index (χ2n) is 8.28. The molecule has 0 saturated carbocycles. The first-order chi connectivity index (χ1) is 13.8. The van der Waals surface area contributed by atoms with E-state index < -0.39 is 0 Å². The number of pyridine rings is 1. The zero-order valence-corrected chi connectivity index (χ0v) is 17.4. The summed E-state index contributed by atoms with van der Waals surface area (Å²) in [4.78, 5) is 15.3. The second-order valence-corrected chi connectivity index (χ2v) is 8.28. The van der Waals surface area contributed by atoms with Crippen LogP contribution in [0.1, 0.15) is 39.7 Å². The van der Waals surface area contributed by atoms with Crippen molar-refractivity contribution in [1.29, 1.82) is 0 Å². The molecule has 1 saturated heterocycles. The van der Waals surface area contributed by atoms with E-state index in [9.17, 15) is 9.90 Å². The molecule has 3 aromatic heterocycles. The number of nitrogens with one attached hydrogen (secondary N) is 1. The Kier molecular flexibility index (Phi) is 4.85. The molecular formula is C20H29N7O2. The fourth-order valence-corrected chi connectivity index (χ4v) is 4.16.